The summed E-state index contributed by atoms with van der Waals surface area (Å²) in [5.41, 5.74) is 3.60. The number of aryl methyl sites for hydroxylation is 3. The normalized spacial score (nSPS) is 19.8. The third-order valence-electron chi connectivity index (χ3n) is 4.93. The van der Waals surface area contributed by atoms with E-state index in [9.17, 15) is 4.79 Å². The highest BCUT2D eigenvalue weighted by molar-refractivity contribution is 5.76. The fraction of sp³-hybridized carbons (Fsp3) is 0.455. The van der Waals surface area contributed by atoms with Crippen molar-refractivity contribution in [2.45, 2.75) is 64.5 Å². The molecule has 138 valence electrons. The Labute approximate surface area is 156 Å². The Bertz CT molecular complexity index is 719. The van der Waals surface area contributed by atoms with E-state index in [1.54, 1.807) is 0 Å². The highest BCUT2D eigenvalue weighted by Gasteiger charge is 2.23. The van der Waals surface area contributed by atoms with Crippen molar-refractivity contribution in [1.29, 1.82) is 0 Å². The molecule has 0 unspecified atom stereocenters. The number of amides is 1. The Morgan fingerprint density at radius 1 is 1.12 bits per heavy atom. The molecule has 0 bridgehead atoms. The number of carbonyl (C=O) groups excluding carboxylic acids is 1. The molecule has 1 aliphatic carbocycles. The van der Waals surface area contributed by atoms with Crippen LogP contribution in [0.2, 0.25) is 0 Å². The zero-order valence-electron chi connectivity index (χ0n) is 15.7. The van der Waals surface area contributed by atoms with Crippen LogP contribution in [0, 0.1) is 13.8 Å². The van der Waals surface area contributed by atoms with Crippen LogP contribution in [-0.2, 0) is 11.2 Å². The molecule has 1 fully saturated rings. The second kappa shape index (κ2) is 8.84. The average molecular weight is 352 g/mol. The van der Waals surface area contributed by atoms with Gasteiger partial charge in [-0.2, -0.15) is 0 Å². The van der Waals surface area contributed by atoms with Crippen molar-refractivity contribution in [3.05, 3.63) is 59.3 Å². The van der Waals surface area contributed by atoms with Gasteiger partial charge in [-0.25, -0.2) is 4.98 Å². The average Bonchev–Trinajstić information content (AvgIpc) is 2.64. The van der Waals surface area contributed by atoms with Gasteiger partial charge in [0.2, 0.25) is 11.8 Å². The van der Waals surface area contributed by atoms with Gasteiger partial charge in [-0.05, 0) is 57.1 Å². The minimum absolute atomic E-state index is 0.149. The molecule has 0 spiro atoms. The molecule has 0 atom stereocenters. The van der Waals surface area contributed by atoms with Crippen LogP contribution in [0.25, 0.3) is 0 Å². The number of carbonyl (C=O) groups is 1. The fourth-order valence-corrected chi connectivity index (χ4v) is 3.45. The van der Waals surface area contributed by atoms with Gasteiger partial charge in [0.25, 0.3) is 0 Å². The maximum atomic E-state index is 12.2. The quantitative estimate of drug-likeness (QED) is 0.850. The van der Waals surface area contributed by atoms with Crippen LogP contribution in [0.4, 0.5) is 0 Å². The Morgan fingerprint density at radius 3 is 2.62 bits per heavy atom. The van der Waals surface area contributed by atoms with Gasteiger partial charge in [0.05, 0.1) is 0 Å². The summed E-state index contributed by atoms with van der Waals surface area (Å²) in [6.45, 7) is 4.10. The van der Waals surface area contributed by atoms with Crippen molar-refractivity contribution < 1.29 is 9.53 Å². The Kier molecular flexibility index (Phi) is 6.26. The summed E-state index contributed by atoms with van der Waals surface area (Å²) in [6.07, 6.45) is 7.22. The molecule has 1 saturated carbocycles. The Balaban J connectivity index is 1.38. The van der Waals surface area contributed by atoms with E-state index in [2.05, 4.69) is 35.4 Å². The largest absolute Gasteiger partial charge is 0.474 e. The molecular weight excluding hydrogens is 324 g/mol. The lowest BCUT2D eigenvalue weighted by atomic mass is 9.92. The number of hydrogen-bond donors (Lipinski definition) is 1. The highest BCUT2D eigenvalue weighted by atomic mass is 16.5. The van der Waals surface area contributed by atoms with Gasteiger partial charge in [-0.15, -0.1) is 0 Å². The number of hydrogen-bond acceptors (Lipinski definition) is 3. The number of ether oxygens (including phenoxy) is 1. The summed E-state index contributed by atoms with van der Waals surface area (Å²) in [6, 6.07) is 12.6. The van der Waals surface area contributed by atoms with Crippen LogP contribution in [0.5, 0.6) is 5.88 Å². The van der Waals surface area contributed by atoms with E-state index in [0.29, 0.717) is 12.3 Å². The van der Waals surface area contributed by atoms with Crippen LogP contribution in [0.3, 0.4) is 0 Å². The van der Waals surface area contributed by atoms with Crippen LogP contribution < -0.4 is 10.1 Å². The molecule has 1 aromatic heterocycles. The third kappa shape index (κ3) is 5.58. The lowest BCUT2D eigenvalue weighted by Crippen LogP contribution is -2.39. The summed E-state index contributed by atoms with van der Waals surface area (Å²) in [5.74, 6) is 0.845. The Hall–Kier alpha value is -2.36. The number of pyridine rings is 1. The number of nitrogens with zero attached hydrogens (tertiary/aromatic N) is 1. The molecule has 2 aromatic rings. The summed E-state index contributed by atoms with van der Waals surface area (Å²) >= 11 is 0. The monoisotopic (exact) mass is 352 g/mol. The molecule has 4 nitrogen and oxygen atoms in total. The van der Waals surface area contributed by atoms with Crippen molar-refractivity contribution in [2.75, 3.05) is 0 Å². The summed E-state index contributed by atoms with van der Waals surface area (Å²) < 4.78 is 5.96. The van der Waals surface area contributed by atoms with Crippen molar-refractivity contribution in [2.24, 2.45) is 0 Å². The van der Waals surface area contributed by atoms with E-state index in [4.69, 9.17) is 4.74 Å². The zero-order chi connectivity index (χ0) is 18.4. The molecule has 1 aromatic carbocycles. The van der Waals surface area contributed by atoms with Gasteiger partial charge in [0.1, 0.15) is 6.10 Å². The number of aromatic nitrogens is 1. The van der Waals surface area contributed by atoms with Crippen LogP contribution >= 0.6 is 0 Å². The van der Waals surface area contributed by atoms with E-state index in [1.165, 1.54) is 11.1 Å². The first-order valence-corrected chi connectivity index (χ1v) is 9.53. The molecule has 1 aliphatic rings. The van der Waals surface area contributed by atoms with Crippen LogP contribution in [-0.4, -0.2) is 23.0 Å². The maximum Gasteiger partial charge on any atom is 0.220 e. The first kappa shape index (κ1) is 18.4. The van der Waals surface area contributed by atoms with E-state index in [0.717, 1.165) is 37.7 Å². The van der Waals surface area contributed by atoms with Gasteiger partial charge in [0, 0.05) is 24.7 Å². The van der Waals surface area contributed by atoms with E-state index >= 15 is 0 Å². The first-order chi connectivity index (χ1) is 12.6. The van der Waals surface area contributed by atoms with Crippen molar-refractivity contribution in [1.82, 2.24) is 10.3 Å². The van der Waals surface area contributed by atoms with Gasteiger partial charge in [-0.3, -0.25) is 4.79 Å². The summed E-state index contributed by atoms with van der Waals surface area (Å²) in [7, 11) is 0. The molecular formula is C22H28N2O2. The zero-order valence-corrected chi connectivity index (χ0v) is 15.7. The van der Waals surface area contributed by atoms with Gasteiger partial charge in [0.15, 0.2) is 0 Å². The number of benzene rings is 1. The summed E-state index contributed by atoms with van der Waals surface area (Å²) in [4.78, 5) is 16.5. The lowest BCUT2D eigenvalue weighted by molar-refractivity contribution is -0.122. The van der Waals surface area contributed by atoms with Crippen LogP contribution in [0.15, 0.2) is 42.6 Å². The second-order valence-electron chi connectivity index (χ2n) is 7.32. The summed E-state index contributed by atoms with van der Waals surface area (Å²) in [5, 5.41) is 3.19. The SMILES string of the molecule is Cc1ccc(OC2CCC(NC(=O)CCc3cccc(C)c3)CC2)nc1. The highest BCUT2D eigenvalue weighted by Crippen LogP contribution is 2.23. The molecule has 4 heteroatoms. The Morgan fingerprint density at radius 2 is 1.92 bits per heavy atom. The smallest absolute Gasteiger partial charge is 0.220 e. The molecule has 3 rings (SSSR count). The topological polar surface area (TPSA) is 51.2 Å². The second-order valence-corrected chi connectivity index (χ2v) is 7.32. The van der Waals surface area contributed by atoms with Crippen LogP contribution in [0.1, 0.15) is 48.8 Å². The predicted molar refractivity (Wildman–Crippen MR) is 103 cm³/mol. The van der Waals surface area contributed by atoms with E-state index in [-0.39, 0.29) is 18.1 Å². The van der Waals surface area contributed by atoms with Crippen molar-refractivity contribution in [3.8, 4) is 5.88 Å². The van der Waals surface area contributed by atoms with Crippen molar-refractivity contribution >= 4 is 5.91 Å². The number of nitrogens with one attached hydrogen (secondary N) is 1. The van der Waals surface area contributed by atoms with E-state index in [1.807, 2.05) is 31.3 Å². The third-order valence-corrected chi connectivity index (χ3v) is 4.93. The molecule has 26 heavy (non-hydrogen) atoms. The molecule has 1 heterocycles. The first-order valence-electron chi connectivity index (χ1n) is 9.53. The molecule has 0 radical (unpaired) electrons. The number of rotatable bonds is 6. The molecule has 1 N–H and O–H groups in total. The molecule has 1 amide bonds. The fourth-order valence-electron chi connectivity index (χ4n) is 3.45. The standard InChI is InChI=1S/C22H28N2O2/c1-16-4-3-5-18(14-16)7-12-21(25)24-19-8-10-20(11-9-19)26-22-13-6-17(2)15-23-22/h3-6,13-15,19-20H,7-12H2,1-2H3,(H,24,25). The van der Waals surface area contributed by atoms with Gasteiger partial charge < -0.3 is 10.1 Å². The molecule has 0 saturated heterocycles. The minimum atomic E-state index is 0.149. The predicted octanol–water partition coefficient (Wildman–Crippen LogP) is 4.14. The van der Waals surface area contributed by atoms with E-state index < -0.39 is 0 Å². The van der Waals surface area contributed by atoms with Gasteiger partial charge in [-0.1, -0.05) is 35.9 Å². The molecule has 0 aliphatic heterocycles. The lowest BCUT2D eigenvalue weighted by Gasteiger charge is -2.29. The van der Waals surface area contributed by atoms with Gasteiger partial charge >= 0.3 is 0 Å². The maximum absolute atomic E-state index is 12.2. The van der Waals surface area contributed by atoms with Crippen molar-refractivity contribution in [3.63, 3.8) is 0 Å². The minimum Gasteiger partial charge on any atom is -0.474 e.